The number of carbonyl (C=O) groups excluding carboxylic acids is 1. The van der Waals surface area contributed by atoms with E-state index in [1.807, 2.05) is 12.3 Å². The second-order valence-electron chi connectivity index (χ2n) is 5.77. The predicted molar refractivity (Wildman–Crippen MR) is 91.9 cm³/mol. The predicted octanol–water partition coefficient (Wildman–Crippen LogP) is 4.10. The molecule has 2 heterocycles. The van der Waals surface area contributed by atoms with Crippen molar-refractivity contribution in [3.63, 3.8) is 0 Å². The molecule has 0 saturated heterocycles. The molecule has 6 nitrogen and oxygen atoms in total. The van der Waals surface area contributed by atoms with Gasteiger partial charge in [0, 0.05) is 34.3 Å². The molecule has 1 fully saturated rings. The van der Waals surface area contributed by atoms with Gasteiger partial charge in [0.25, 0.3) is 11.1 Å². The van der Waals surface area contributed by atoms with Crippen LogP contribution in [-0.2, 0) is 0 Å². The zero-order valence-electron chi connectivity index (χ0n) is 13.1. The molecule has 2 N–H and O–H groups in total. The van der Waals surface area contributed by atoms with E-state index >= 15 is 0 Å². The van der Waals surface area contributed by atoms with E-state index in [0.29, 0.717) is 28.2 Å². The van der Waals surface area contributed by atoms with Crippen LogP contribution in [0.15, 0.2) is 35.8 Å². The second-order valence-corrected chi connectivity index (χ2v) is 6.62. The van der Waals surface area contributed by atoms with Crippen molar-refractivity contribution in [1.29, 1.82) is 0 Å². The fourth-order valence-corrected chi connectivity index (χ4v) is 3.05. The zero-order chi connectivity index (χ0) is 16.5. The number of ether oxygens (including phenoxy) is 1. The number of nitrogens with zero attached hydrogens (tertiary/aromatic N) is 2. The van der Waals surface area contributed by atoms with Crippen molar-refractivity contribution in [3.05, 3.63) is 52.7 Å². The summed E-state index contributed by atoms with van der Waals surface area (Å²) in [5, 5.41) is 12.5. The molecule has 7 heteroatoms. The zero-order valence-corrected chi connectivity index (χ0v) is 13.9. The number of rotatable bonds is 5. The Hall–Kier alpha value is -2.67. The molecule has 0 radical (unpaired) electrons. The van der Waals surface area contributed by atoms with Crippen LogP contribution in [0.2, 0.25) is 0 Å². The molecule has 0 unspecified atom stereocenters. The normalized spacial score (nSPS) is 13.7. The highest BCUT2D eigenvalue weighted by molar-refractivity contribution is 7.11. The van der Waals surface area contributed by atoms with Gasteiger partial charge < -0.3 is 10.1 Å². The summed E-state index contributed by atoms with van der Waals surface area (Å²) in [4.78, 5) is 16.6. The van der Waals surface area contributed by atoms with E-state index < -0.39 is 0 Å². The molecular formula is C17H16N4O2S. The minimum Gasteiger partial charge on any atom is -0.431 e. The summed E-state index contributed by atoms with van der Waals surface area (Å²) in [5.74, 6) is 1.53. The van der Waals surface area contributed by atoms with Crippen molar-refractivity contribution < 1.29 is 9.53 Å². The third-order valence-electron chi connectivity index (χ3n) is 3.98. The number of thiazole rings is 1. The maximum Gasteiger partial charge on any atom is 0.278 e. The molecular weight excluding hydrogens is 324 g/mol. The number of hydrogen-bond acceptors (Lipinski definition) is 5. The van der Waals surface area contributed by atoms with Gasteiger partial charge in [0.2, 0.25) is 0 Å². The van der Waals surface area contributed by atoms with Crippen LogP contribution in [0.4, 0.5) is 5.82 Å². The van der Waals surface area contributed by atoms with Gasteiger partial charge in [-0.25, -0.2) is 4.98 Å². The summed E-state index contributed by atoms with van der Waals surface area (Å²) >= 11 is 1.40. The van der Waals surface area contributed by atoms with Crippen molar-refractivity contribution >= 4 is 23.1 Å². The molecule has 0 atom stereocenters. The highest BCUT2D eigenvalue weighted by atomic mass is 32.1. The summed E-state index contributed by atoms with van der Waals surface area (Å²) in [6.07, 6.45) is 4.05. The molecule has 0 bridgehead atoms. The Morgan fingerprint density at radius 1 is 1.42 bits per heavy atom. The Kier molecular flexibility index (Phi) is 3.78. The lowest BCUT2D eigenvalue weighted by molar-refractivity contribution is 0.102. The molecule has 0 spiro atoms. The molecule has 1 aliphatic carbocycles. The highest BCUT2D eigenvalue weighted by Crippen LogP contribution is 2.41. The first kappa shape index (κ1) is 14.9. The van der Waals surface area contributed by atoms with Crippen LogP contribution in [0.5, 0.6) is 10.9 Å². The molecule has 1 aliphatic rings. The van der Waals surface area contributed by atoms with Crippen LogP contribution in [0, 0.1) is 6.92 Å². The van der Waals surface area contributed by atoms with E-state index in [4.69, 9.17) is 4.74 Å². The molecule has 1 amide bonds. The number of benzene rings is 1. The Labute approximate surface area is 142 Å². The standard InChI is InChI=1S/C17H16N4O2S/c1-10-14(11-5-6-11)20-21-15(10)19-16(22)12-3-2-4-13(9-12)23-17-18-7-8-24-17/h2-4,7-9,11H,5-6H2,1H3,(H2,19,20,21,22). The van der Waals surface area contributed by atoms with E-state index in [9.17, 15) is 4.79 Å². The summed E-state index contributed by atoms with van der Waals surface area (Å²) in [6, 6.07) is 7.02. The van der Waals surface area contributed by atoms with Gasteiger partial charge in [-0.15, -0.1) is 0 Å². The molecule has 24 heavy (non-hydrogen) atoms. The summed E-state index contributed by atoms with van der Waals surface area (Å²) < 4.78 is 5.63. The molecule has 1 saturated carbocycles. The second kappa shape index (κ2) is 6.09. The number of hydrogen-bond donors (Lipinski definition) is 2. The quantitative estimate of drug-likeness (QED) is 0.733. The fraction of sp³-hybridized carbons (Fsp3) is 0.235. The number of aromatic nitrogens is 3. The van der Waals surface area contributed by atoms with Gasteiger partial charge in [-0.1, -0.05) is 17.4 Å². The average Bonchev–Trinajstić information content (AvgIpc) is 3.18. The van der Waals surface area contributed by atoms with E-state index in [2.05, 4.69) is 20.5 Å². The van der Waals surface area contributed by atoms with Gasteiger partial charge in [0.15, 0.2) is 5.82 Å². The number of carbonyl (C=O) groups is 1. The lowest BCUT2D eigenvalue weighted by atomic mass is 10.1. The molecule has 4 rings (SSSR count). The monoisotopic (exact) mass is 340 g/mol. The van der Waals surface area contributed by atoms with Gasteiger partial charge in [0.05, 0.1) is 0 Å². The van der Waals surface area contributed by atoms with Crippen molar-refractivity contribution in [1.82, 2.24) is 15.2 Å². The summed E-state index contributed by atoms with van der Waals surface area (Å²) in [6.45, 7) is 1.98. The van der Waals surface area contributed by atoms with Crippen LogP contribution in [-0.4, -0.2) is 21.1 Å². The van der Waals surface area contributed by atoms with E-state index in [-0.39, 0.29) is 5.91 Å². The first-order valence-corrected chi connectivity index (χ1v) is 8.62. The fourth-order valence-electron chi connectivity index (χ4n) is 2.54. The van der Waals surface area contributed by atoms with Crippen LogP contribution in [0.3, 0.4) is 0 Å². The topological polar surface area (TPSA) is 79.9 Å². The van der Waals surface area contributed by atoms with Gasteiger partial charge in [-0.05, 0) is 38.0 Å². The van der Waals surface area contributed by atoms with Crippen LogP contribution in [0.25, 0.3) is 0 Å². The van der Waals surface area contributed by atoms with E-state index in [1.54, 1.807) is 30.5 Å². The van der Waals surface area contributed by atoms with Crippen molar-refractivity contribution in [3.8, 4) is 10.9 Å². The van der Waals surface area contributed by atoms with Gasteiger partial charge in [0.1, 0.15) is 5.75 Å². The van der Waals surface area contributed by atoms with E-state index in [0.717, 1.165) is 11.3 Å². The first-order valence-electron chi connectivity index (χ1n) is 7.74. The molecule has 1 aromatic carbocycles. The van der Waals surface area contributed by atoms with Crippen molar-refractivity contribution in [2.75, 3.05) is 5.32 Å². The Bertz CT molecular complexity index is 869. The van der Waals surface area contributed by atoms with Crippen molar-refractivity contribution in [2.45, 2.75) is 25.7 Å². The minimum absolute atomic E-state index is 0.212. The molecule has 3 aromatic rings. The number of H-pyrrole nitrogens is 1. The SMILES string of the molecule is Cc1c(NC(=O)c2cccc(Oc3nccs3)c2)n[nH]c1C1CC1. The van der Waals surface area contributed by atoms with Gasteiger partial charge in [-0.3, -0.25) is 9.89 Å². The maximum atomic E-state index is 12.5. The number of nitrogens with one attached hydrogen (secondary N) is 2. The molecule has 122 valence electrons. The third kappa shape index (κ3) is 3.03. The summed E-state index contributed by atoms with van der Waals surface area (Å²) in [5.41, 5.74) is 2.66. The first-order chi connectivity index (χ1) is 11.7. The maximum absolute atomic E-state index is 12.5. The van der Waals surface area contributed by atoms with Crippen molar-refractivity contribution in [2.24, 2.45) is 0 Å². The number of amides is 1. The number of aromatic amines is 1. The number of anilines is 1. The summed E-state index contributed by atoms with van der Waals surface area (Å²) in [7, 11) is 0. The lowest BCUT2D eigenvalue weighted by Gasteiger charge is -2.06. The van der Waals surface area contributed by atoms with Gasteiger partial charge in [-0.2, -0.15) is 5.10 Å². The van der Waals surface area contributed by atoms with Crippen LogP contribution >= 0.6 is 11.3 Å². The lowest BCUT2D eigenvalue weighted by Crippen LogP contribution is -2.13. The third-order valence-corrected chi connectivity index (χ3v) is 4.62. The van der Waals surface area contributed by atoms with E-state index in [1.165, 1.54) is 24.2 Å². The minimum atomic E-state index is -0.212. The molecule has 0 aliphatic heterocycles. The smallest absolute Gasteiger partial charge is 0.278 e. The van der Waals surface area contributed by atoms with Crippen LogP contribution < -0.4 is 10.1 Å². The highest BCUT2D eigenvalue weighted by Gasteiger charge is 2.28. The molecule has 2 aromatic heterocycles. The Balaban J connectivity index is 1.50. The average molecular weight is 340 g/mol. The Morgan fingerprint density at radius 2 is 2.29 bits per heavy atom. The largest absolute Gasteiger partial charge is 0.431 e. The van der Waals surface area contributed by atoms with Gasteiger partial charge >= 0.3 is 0 Å². The Morgan fingerprint density at radius 3 is 3.04 bits per heavy atom. The van der Waals surface area contributed by atoms with Crippen LogP contribution in [0.1, 0.15) is 40.4 Å².